The van der Waals surface area contributed by atoms with Crippen LogP contribution in [0.2, 0.25) is 0 Å². The monoisotopic (exact) mass is 361 g/mol. The zero-order chi connectivity index (χ0) is 18.1. The Labute approximate surface area is 160 Å². The number of aryl methyl sites for hydroxylation is 1. The fraction of sp³-hybridized carbons (Fsp3) is 0.783. The summed E-state index contributed by atoms with van der Waals surface area (Å²) in [5, 5.41) is 0. The topological polar surface area (TPSA) is 31.4 Å². The van der Waals surface area contributed by atoms with Crippen LogP contribution in [0.25, 0.3) is 0 Å². The molecule has 1 saturated heterocycles. The Morgan fingerprint density at radius 3 is 2.19 bits per heavy atom. The standard InChI is InChI=1S/C23H39NO2/c1(2-4-6-8-10-15-22-16-14-18-24-21-22)3-5-7-9-12-19-25-23-17-11-13-20-26-23/h14,16,18,21,23H,1-13,15,17,19-20H2. The van der Waals surface area contributed by atoms with Gasteiger partial charge in [0.2, 0.25) is 0 Å². The maximum Gasteiger partial charge on any atom is 0.157 e. The van der Waals surface area contributed by atoms with Gasteiger partial charge in [-0.15, -0.1) is 0 Å². The largest absolute Gasteiger partial charge is 0.353 e. The van der Waals surface area contributed by atoms with Gasteiger partial charge in [-0.1, -0.05) is 63.9 Å². The summed E-state index contributed by atoms with van der Waals surface area (Å²) >= 11 is 0. The van der Waals surface area contributed by atoms with Crippen LogP contribution in [0.5, 0.6) is 0 Å². The van der Waals surface area contributed by atoms with Crippen LogP contribution in [0, 0.1) is 0 Å². The fourth-order valence-electron chi connectivity index (χ4n) is 3.63. The van der Waals surface area contributed by atoms with Crippen molar-refractivity contribution in [1.29, 1.82) is 0 Å². The molecule has 0 aromatic carbocycles. The highest BCUT2D eigenvalue weighted by atomic mass is 16.7. The number of ether oxygens (including phenoxy) is 2. The van der Waals surface area contributed by atoms with E-state index in [2.05, 4.69) is 11.1 Å². The molecule has 0 radical (unpaired) electrons. The van der Waals surface area contributed by atoms with Crippen LogP contribution in [-0.2, 0) is 15.9 Å². The third kappa shape index (κ3) is 10.9. The van der Waals surface area contributed by atoms with Crippen LogP contribution in [0.1, 0.15) is 95.5 Å². The van der Waals surface area contributed by atoms with Gasteiger partial charge >= 0.3 is 0 Å². The lowest BCUT2D eigenvalue weighted by Crippen LogP contribution is -2.22. The molecule has 148 valence electrons. The van der Waals surface area contributed by atoms with Crippen molar-refractivity contribution in [2.24, 2.45) is 0 Å². The van der Waals surface area contributed by atoms with Gasteiger partial charge in [-0.05, 0) is 50.2 Å². The van der Waals surface area contributed by atoms with Crippen LogP contribution in [0.3, 0.4) is 0 Å². The molecule has 0 aliphatic carbocycles. The Bertz CT molecular complexity index is 417. The molecule has 3 nitrogen and oxygen atoms in total. The fourth-order valence-corrected chi connectivity index (χ4v) is 3.63. The lowest BCUT2D eigenvalue weighted by atomic mass is 10.0. The summed E-state index contributed by atoms with van der Waals surface area (Å²) in [6, 6.07) is 4.22. The molecule has 0 N–H and O–H groups in total. The number of nitrogens with zero attached hydrogens (tertiary/aromatic N) is 1. The van der Waals surface area contributed by atoms with Crippen molar-refractivity contribution in [3.8, 4) is 0 Å². The first-order valence-corrected chi connectivity index (χ1v) is 11.1. The summed E-state index contributed by atoms with van der Waals surface area (Å²) in [6.07, 6.45) is 23.6. The molecule has 1 unspecified atom stereocenters. The van der Waals surface area contributed by atoms with E-state index >= 15 is 0 Å². The Balaban J connectivity index is 1.25. The molecule has 1 aromatic heterocycles. The second-order valence-corrected chi connectivity index (χ2v) is 7.67. The third-order valence-corrected chi connectivity index (χ3v) is 5.27. The normalized spacial score (nSPS) is 17.5. The minimum Gasteiger partial charge on any atom is -0.353 e. The average molecular weight is 362 g/mol. The summed E-state index contributed by atoms with van der Waals surface area (Å²) in [5.74, 6) is 0. The maximum atomic E-state index is 5.78. The van der Waals surface area contributed by atoms with Crippen molar-refractivity contribution in [2.45, 2.75) is 103 Å². The molecule has 1 aromatic rings. The van der Waals surface area contributed by atoms with Gasteiger partial charge in [0, 0.05) is 25.6 Å². The first-order valence-electron chi connectivity index (χ1n) is 11.1. The Hall–Kier alpha value is -0.930. The first-order chi connectivity index (χ1) is 12.9. The Morgan fingerprint density at radius 1 is 0.885 bits per heavy atom. The van der Waals surface area contributed by atoms with Gasteiger partial charge < -0.3 is 9.47 Å². The molecule has 1 atom stereocenters. The summed E-state index contributed by atoms with van der Waals surface area (Å²) in [7, 11) is 0. The van der Waals surface area contributed by atoms with E-state index in [0.29, 0.717) is 0 Å². The third-order valence-electron chi connectivity index (χ3n) is 5.27. The minimum atomic E-state index is 0.0908. The zero-order valence-electron chi connectivity index (χ0n) is 16.7. The van der Waals surface area contributed by atoms with Crippen LogP contribution >= 0.6 is 0 Å². The molecule has 0 spiro atoms. The molecule has 26 heavy (non-hydrogen) atoms. The van der Waals surface area contributed by atoms with Crippen molar-refractivity contribution in [3.63, 3.8) is 0 Å². The summed E-state index contributed by atoms with van der Waals surface area (Å²) in [6.45, 7) is 1.76. The number of hydrogen-bond acceptors (Lipinski definition) is 3. The molecule has 1 aliphatic heterocycles. The summed E-state index contributed by atoms with van der Waals surface area (Å²) in [4.78, 5) is 4.17. The van der Waals surface area contributed by atoms with E-state index in [9.17, 15) is 0 Å². The quantitative estimate of drug-likeness (QED) is 0.336. The van der Waals surface area contributed by atoms with Crippen LogP contribution < -0.4 is 0 Å². The second kappa shape index (κ2) is 15.2. The van der Waals surface area contributed by atoms with Crippen molar-refractivity contribution >= 4 is 0 Å². The lowest BCUT2D eigenvalue weighted by Gasteiger charge is -2.22. The Morgan fingerprint density at radius 2 is 1.58 bits per heavy atom. The van der Waals surface area contributed by atoms with Gasteiger partial charge in [0.15, 0.2) is 6.29 Å². The van der Waals surface area contributed by atoms with E-state index < -0.39 is 0 Å². The van der Waals surface area contributed by atoms with Crippen molar-refractivity contribution in [2.75, 3.05) is 13.2 Å². The smallest absolute Gasteiger partial charge is 0.157 e. The highest BCUT2D eigenvalue weighted by Gasteiger charge is 2.13. The SMILES string of the molecule is c1cncc(CCCCCCCCCCCCCOC2CCCCO2)c1. The van der Waals surface area contributed by atoms with Crippen molar-refractivity contribution < 1.29 is 9.47 Å². The summed E-state index contributed by atoms with van der Waals surface area (Å²) < 4.78 is 11.4. The second-order valence-electron chi connectivity index (χ2n) is 7.67. The molecule has 0 saturated carbocycles. The van der Waals surface area contributed by atoms with E-state index in [1.165, 1.54) is 95.5 Å². The predicted octanol–water partition coefficient (Wildman–Crippen LogP) is 6.46. The predicted molar refractivity (Wildman–Crippen MR) is 108 cm³/mol. The number of aromatic nitrogens is 1. The van der Waals surface area contributed by atoms with E-state index in [1.54, 1.807) is 0 Å². The van der Waals surface area contributed by atoms with E-state index in [4.69, 9.17) is 9.47 Å². The van der Waals surface area contributed by atoms with Gasteiger partial charge in [-0.2, -0.15) is 0 Å². The molecule has 2 rings (SSSR count). The molecule has 1 aliphatic rings. The first kappa shape index (κ1) is 21.4. The van der Waals surface area contributed by atoms with E-state index in [0.717, 1.165) is 19.6 Å². The molecule has 1 fully saturated rings. The zero-order valence-corrected chi connectivity index (χ0v) is 16.7. The number of pyridine rings is 1. The van der Waals surface area contributed by atoms with Crippen LogP contribution in [0.15, 0.2) is 24.5 Å². The van der Waals surface area contributed by atoms with Crippen LogP contribution in [0.4, 0.5) is 0 Å². The molecule has 0 amide bonds. The number of hydrogen-bond donors (Lipinski definition) is 0. The number of unbranched alkanes of at least 4 members (excludes halogenated alkanes) is 10. The van der Waals surface area contributed by atoms with Gasteiger partial charge in [0.1, 0.15) is 0 Å². The molecule has 3 heteroatoms. The minimum absolute atomic E-state index is 0.0908. The summed E-state index contributed by atoms with van der Waals surface area (Å²) in [5.41, 5.74) is 1.38. The molecule has 2 heterocycles. The van der Waals surface area contributed by atoms with E-state index in [-0.39, 0.29) is 6.29 Å². The van der Waals surface area contributed by atoms with Crippen molar-refractivity contribution in [1.82, 2.24) is 4.98 Å². The molecular weight excluding hydrogens is 322 g/mol. The van der Waals surface area contributed by atoms with Gasteiger partial charge in [0.25, 0.3) is 0 Å². The van der Waals surface area contributed by atoms with E-state index in [1.807, 2.05) is 18.5 Å². The highest BCUT2D eigenvalue weighted by Crippen LogP contribution is 2.15. The van der Waals surface area contributed by atoms with Gasteiger partial charge in [-0.3, -0.25) is 4.98 Å². The van der Waals surface area contributed by atoms with Gasteiger partial charge in [0.05, 0.1) is 0 Å². The Kier molecular flexibility index (Phi) is 12.5. The maximum absolute atomic E-state index is 5.78. The highest BCUT2D eigenvalue weighted by molar-refractivity contribution is 5.08. The van der Waals surface area contributed by atoms with Crippen molar-refractivity contribution in [3.05, 3.63) is 30.1 Å². The van der Waals surface area contributed by atoms with Gasteiger partial charge in [-0.25, -0.2) is 0 Å². The molecular formula is C23H39NO2. The van der Waals surface area contributed by atoms with Crippen LogP contribution in [-0.4, -0.2) is 24.5 Å². The average Bonchev–Trinajstić information content (AvgIpc) is 2.70. The lowest BCUT2D eigenvalue weighted by molar-refractivity contribution is -0.162. The number of rotatable bonds is 15. The molecule has 0 bridgehead atoms.